The first kappa shape index (κ1) is 24.6. The highest BCUT2D eigenvalue weighted by Crippen LogP contribution is 2.37. The van der Waals surface area contributed by atoms with Crippen molar-refractivity contribution in [3.8, 4) is 5.75 Å². The highest BCUT2D eigenvalue weighted by atomic mass is 32.2. The molecule has 0 radical (unpaired) electrons. The Kier molecular flexibility index (Phi) is 6.96. The molecular weight excluding hydrogens is 489 g/mol. The van der Waals surface area contributed by atoms with E-state index in [4.69, 9.17) is 9.84 Å². The van der Waals surface area contributed by atoms with E-state index in [-0.39, 0.29) is 11.7 Å². The van der Waals surface area contributed by atoms with Gasteiger partial charge in [0, 0.05) is 11.4 Å². The van der Waals surface area contributed by atoms with E-state index in [1.165, 1.54) is 35.0 Å². The number of ether oxygens (including phenoxy) is 1. The van der Waals surface area contributed by atoms with Crippen LogP contribution in [0.25, 0.3) is 0 Å². The third-order valence-corrected chi connectivity index (χ3v) is 6.98. The zero-order chi connectivity index (χ0) is 25.9. The summed E-state index contributed by atoms with van der Waals surface area (Å²) in [6.45, 7) is 3.89. The molecule has 1 aliphatic rings. The van der Waals surface area contributed by atoms with Crippen molar-refractivity contribution in [3.05, 3.63) is 107 Å². The number of rotatable bonds is 7. The van der Waals surface area contributed by atoms with Crippen molar-refractivity contribution >= 4 is 29.3 Å². The van der Waals surface area contributed by atoms with Crippen molar-refractivity contribution in [1.29, 1.82) is 0 Å². The summed E-state index contributed by atoms with van der Waals surface area (Å²) < 4.78 is 20.9. The van der Waals surface area contributed by atoms with Gasteiger partial charge in [0.1, 0.15) is 17.6 Å². The van der Waals surface area contributed by atoms with Gasteiger partial charge in [-0.1, -0.05) is 65.9 Å². The fourth-order valence-electron chi connectivity index (χ4n) is 4.33. The highest BCUT2D eigenvalue weighted by molar-refractivity contribution is 7.98. The molecule has 2 N–H and O–H groups in total. The maximum absolute atomic E-state index is 13.8. The maximum atomic E-state index is 13.8. The summed E-state index contributed by atoms with van der Waals surface area (Å²) in [5, 5.41) is 11.5. The first-order chi connectivity index (χ1) is 17.9. The predicted octanol–water partition coefficient (Wildman–Crippen LogP) is 5.95. The fraction of sp³-hybridized carbons (Fsp3) is 0.179. The molecule has 1 aliphatic heterocycles. The largest absolute Gasteiger partial charge is 0.495 e. The van der Waals surface area contributed by atoms with E-state index in [2.05, 4.69) is 40.7 Å². The summed E-state index contributed by atoms with van der Waals surface area (Å²) in [7, 11) is 1.55. The van der Waals surface area contributed by atoms with Crippen LogP contribution in [0.3, 0.4) is 0 Å². The van der Waals surface area contributed by atoms with Crippen LogP contribution in [0, 0.1) is 12.7 Å². The molecule has 0 saturated carbocycles. The Balaban J connectivity index is 1.49. The predicted molar refractivity (Wildman–Crippen MR) is 143 cm³/mol. The van der Waals surface area contributed by atoms with Crippen LogP contribution in [0.2, 0.25) is 0 Å². The van der Waals surface area contributed by atoms with E-state index in [1.807, 2.05) is 25.1 Å². The number of methoxy groups -OCH3 is 1. The molecule has 1 amide bonds. The molecule has 4 aromatic rings. The van der Waals surface area contributed by atoms with Crippen LogP contribution in [0.4, 0.5) is 16.0 Å². The van der Waals surface area contributed by atoms with Gasteiger partial charge in [0.15, 0.2) is 0 Å². The molecule has 0 spiro atoms. The second kappa shape index (κ2) is 10.5. The summed E-state index contributed by atoms with van der Waals surface area (Å²) >= 11 is 1.52. The number of allylic oxidation sites excluding steroid dienone is 1. The van der Waals surface area contributed by atoms with E-state index in [1.54, 1.807) is 36.1 Å². The minimum absolute atomic E-state index is 0.320. The average molecular weight is 516 g/mol. The lowest BCUT2D eigenvalue weighted by molar-refractivity contribution is -0.113. The molecule has 0 aliphatic carbocycles. The number of aryl methyl sites for hydroxylation is 1. The highest BCUT2D eigenvalue weighted by Gasteiger charge is 2.34. The molecule has 0 saturated heterocycles. The average Bonchev–Trinajstić information content (AvgIpc) is 3.30. The van der Waals surface area contributed by atoms with Gasteiger partial charge in [0.25, 0.3) is 5.91 Å². The second-order valence-electron chi connectivity index (χ2n) is 8.71. The molecule has 2 heterocycles. The maximum Gasteiger partial charge on any atom is 0.255 e. The van der Waals surface area contributed by atoms with E-state index in [0.29, 0.717) is 45.1 Å². The molecular formula is C28H26FN5O2S. The number of nitrogens with zero attached hydrogens (tertiary/aromatic N) is 3. The Morgan fingerprint density at radius 3 is 2.65 bits per heavy atom. The van der Waals surface area contributed by atoms with Crippen LogP contribution >= 0.6 is 11.8 Å². The number of halogens is 1. The summed E-state index contributed by atoms with van der Waals surface area (Å²) in [5.74, 6) is 1.10. The standard InChI is InChI=1S/C28H26FN5O2S/c1-17-7-6-8-19(15-17)16-37-28-32-27-30-18(2)24(26(35)31-22-9-4-5-10-23(22)36-3)25(34(27)33-28)20-11-13-21(29)14-12-20/h4-15,25H,16H2,1-3H3,(H,31,35)(H,30,32,33). The minimum atomic E-state index is -0.604. The van der Waals surface area contributed by atoms with Gasteiger partial charge >= 0.3 is 0 Å². The molecule has 1 atom stereocenters. The molecule has 188 valence electrons. The number of aromatic nitrogens is 3. The molecule has 37 heavy (non-hydrogen) atoms. The summed E-state index contributed by atoms with van der Waals surface area (Å²) in [5.41, 5.74) is 4.72. The Hall–Kier alpha value is -4.11. The lowest BCUT2D eigenvalue weighted by atomic mass is 9.95. The van der Waals surface area contributed by atoms with E-state index in [0.717, 1.165) is 0 Å². The van der Waals surface area contributed by atoms with Crippen molar-refractivity contribution in [2.24, 2.45) is 0 Å². The molecule has 1 aromatic heterocycles. The Morgan fingerprint density at radius 1 is 1.11 bits per heavy atom. The number of nitrogens with one attached hydrogen (secondary N) is 2. The molecule has 1 unspecified atom stereocenters. The van der Waals surface area contributed by atoms with Gasteiger partial charge in [-0.3, -0.25) is 4.79 Å². The van der Waals surface area contributed by atoms with Crippen LogP contribution in [0.5, 0.6) is 5.75 Å². The molecule has 9 heteroatoms. The van der Waals surface area contributed by atoms with Crippen LogP contribution < -0.4 is 15.4 Å². The van der Waals surface area contributed by atoms with Gasteiger partial charge in [-0.25, -0.2) is 9.07 Å². The number of para-hydroxylation sites is 2. The Bertz CT molecular complexity index is 1480. The first-order valence-electron chi connectivity index (χ1n) is 11.8. The Morgan fingerprint density at radius 2 is 1.89 bits per heavy atom. The number of benzene rings is 3. The number of hydrogen-bond acceptors (Lipinski definition) is 6. The lowest BCUT2D eigenvalue weighted by Crippen LogP contribution is -2.31. The smallest absolute Gasteiger partial charge is 0.255 e. The first-order valence-corrected chi connectivity index (χ1v) is 12.7. The van der Waals surface area contributed by atoms with Crippen molar-refractivity contribution in [2.75, 3.05) is 17.7 Å². The van der Waals surface area contributed by atoms with E-state index >= 15 is 0 Å². The van der Waals surface area contributed by atoms with Crippen LogP contribution in [-0.4, -0.2) is 27.8 Å². The molecule has 3 aromatic carbocycles. The van der Waals surface area contributed by atoms with Gasteiger partial charge in [0.2, 0.25) is 11.1 Å². The molecule has 7 nitrogen and oxygen atoms in total. The third kappa shape index (κ3) is 5.22. The van der Waals surface area contributed by atoms with Crippen LogP contribution in [0.1, 0.15) is 29.7 Å². The van der Waals surface area contributed by atoms with Crippen LogP contribution in [0.15, 0.2) is 89.2 Å². The van der Waals surface area contributed by atoms with Crippen molar-refractivity contribution in [2.45, 2.75) is 30.8 Å². The summed E-state index contributed by atoms with van der Waals surface area (Å²) in [6, 6.07) is 21.0. The van der Waals surface area contributed by atoms with Gasteiger partial charge in [-0.15, -0.1) is 5.10 Å². The SMILES string of the molecule is COc1ccccc1NC(=O)C1=C(C)Nc2nc(SCc3cccc(C)c3)nn2C1c1ccc(F)cc1. The van der Waals surface area contributed by atoms with Crippen molar-refractivity contribution in [1.82, 2.24) is 14.8 Å². The van der Waals surface area contributed by atoms with Gasteiger partial charge < -0.3 is 15.4 Å². The zero-order valence-corrected chi connectivity index (χ0v) is 21.5. The second-order valence-corrected chi connectivity index (χ2v) is 9.65. The monoisotopic (exact) mass is 515 g/mol. The van der Waals surface area contributed by atoms with Gasteiger partial charge in [-0.2, -0.15) is 4.98 Å². The summed E-state index contributed by atoms with van der Waals surface area (Å²) in [6.07, 6.45) is 0. The number of anilines is 2. The Labute approximate surface area is 218 Å². The fourth-order valence-corrected chi connectivity index (χ4v) is 5.10. The van der Waals surface area contributed by atoms with Crippen molar-refractivity contribution < 1.29 is 13.9 Å². The molecule has 0 bridgehead atoms. The number of carbonyl (C=O) groups is 1. The van der Waals surface area contributed by atoms with E-state index < -0.39 is 6.04 Å². The van der Waals surface area contributed by atoms with Crippen LogP contribution in [-0.2, 0) is 10.5 Å². The van der Waals surface area contributed by atoms with Crippen molar-refractivity contribution in [3.63, 3.8) is 0 Å². The lowest BCUT2D eigenvalue weighted by Gasteiger charge is -2.28. The normalized spacial score (nSPS) is 14.6. The molecule has 5 rings (SSSR count). The number of thioether (sulfide) groups is 1. The zero-order valence-electron chi connectivity index (χ0n) is 20.7. The van der Waals surface area contributed by atoms with Gasteiger partial charge in [-0.05, 0) is 49.2 Å². The topological polar surface area (TPSA) is 81.1 Å². The number of amides is 1. The summed E-state index contributed by atoms with van der Waals surface area (Å²) in [4.78, 5) is 18.3. The van der Waals surface area contributed by atoms with Gasteiger partial charge in [0.05, 0.1) is 18.4 Å². The number of fused-ring (bicyclic) bond motifs is 1. The molecule has 0 fully saturated rings. The van der Waals surface area contributed by atoms with E-state index in [9.17, 15) is 9.18 Å². The minimum Gasteiger partial charge on any atom is -0.495 e. The third-order valence-electron chi connectivity index (χ3n) is 6.07. The quantitative estimate of drug-likeness (QED) is 0.296. The number of hydrogen-bond donors (Lipinski definition) is 2. The number of carbonyl (C=O) groups excluding carboxylic acids is 1.